The number of nitrogens with zero attached hydrogens (tertiary/aromatic N) is 1. The van der Waals surface area contributed by atoms with Crippen molar-refractivity contribution < 1.29 is 0 Å². The van der Waals surface area contributed by atoms with E-state index in [0.29, 0.717) is 0 Å². The molecule has 0 amide bonds. The van der Waals surface area contributed by atoms with E-state index in [9.17, 15) is 0 Å². The largest absolute Gasteiger partial charge is 0.314 e. The van der Waals surface area contributed by atoms with Crippen LogP contribution in [0, 0.1) is 0 Å². The van der Waals surface area contributed by atoms with Crippen LogP contribution in [0.15, 0.2) is 47.8 Å². The average Bonchev–Trinajstić information content (AvgIpc) is 2.87. The quantitative estimate of drug-likeness (QED) is 0.771. The Bertz CT molecular complexity index is 673. The van der Waals surface area contributed by atoms with Crippen molar-refractivity contribution in [3.63, 3.8) is 0 Å². The van der Waals surface area contributed by atoms with Crippen LogP contribution in [0.4, 0.5) is 0 Å². The minimum Gasteiger partial charge on any atom is -0.314 e. The van der Waals surface area contributed by atoms with Gasteiger partial charge >= 0.3 is 0 Å². The monoisotopic (exact) mass is 254 g/mol. The summed E-state index contributed by atoms with van der Waals surface area (Å²) < 4.78 is 0. The summed E-state index contributed by atoms with van der Waals surface area (Å²) in [6.07, 6.45) is 0. The second-order valence-corrected chi connectivity index (χ2v) is 5.09. The summed E-state index contributed by atoms with van der Waals surface area (Å²) in [5.74, 6) is 0. The van der Waals surface area contributed by atoms with Gasteiger partial charge in [0.2, 0.25) is 0 Å². The van der Waals surface area contributed by atoms with E-state index in [1.54, 1.807) is 11.3 Å². The maximum atomic E-state index is 4.63. The Hall–Kier alpha value is -1.71. The molecule has 3 heteroatoms. The van der Waals surface area contributed by atoms with Crippen molar-refractivity contribution in [2.45, 2.75) is 6.54 Å². The average molecular weight is 254 g/mol. The molecule has 0 saturated carbocycles. The maximum Gasteiger partial charge on any atom is 0.123 e. The molecule has 0 aliphatic heterocycles. The van der Waals surface area contributed by atoms with E-state index in [1.807, 2.05) is 7.05 Å². The zero-order valence-electron chi connectivity index (χ0n) is 10.2. The number of benzene rings is 2. The number of aromatic nitrogens is 1. The zero-order valence-corrected chi connectivity index (χ0v) is 11.0. The molecule has 0 unspecified atom stereocenters. The number of nitrogens with one attached hydrogen (secondary N) is 1. The van der Waals surface area contributed by atoms with Gasteiger partial charge in [0.15, 0.2) is 0 Å². The molecule has 1 heterocycles. The van der Waals surface area contributed by atoms with Crippen LogP contribution < -0.4 is 5.32 Å². The third-order valence-corrected chi connectivity index (χ3v) is 3.85. The summed E-state index contributed by atoms with van der Waals surface area (Å²) in [5, 5.41) is 8.86. The lowest BCUT2D eigenvalue weighted by molar-refractivity contribution is 0.798. The van der Waals surface area contributed by atoms with Crippen molar-refractivity contribution in [3.05, 3.63) is 53.5 Å². The molecular weight excluding hydrogens is 240 g/mol. The second kappa shape index (κ2) is 4.88. The van der Waals surface area contributed by atoms with E-state index >= 15 is 0 Å². The Labute approximate surface area is 110 Å². The van der Waals surface area contributed by atoms with Crippen LogP contribution >= 0.6 is 11.3 Å². The molecule has 0 saturated heterocycles. The first-order valence-electron chi connectivity index (χ1n) is 5.95. The Morgan fingerprint density at radius 3 is 2.78 bits per heavy atom. The van der Waals surface area contributed by atoms with Crippen LogP contribution in [0.3, 0.4) is 0 Å². The molecule has 2 nitrogen and oxygen atoms in total. The summed E-state index contributed by atoms with van der Waals surface area (Å²) in [4.78, 5) is 4.63. The number of hydrogen-bond acceptors (Lipinski definition) is 3. The Morgan fingerprint density at radius 1 is 1.11 bits per heavy atom. The standard InChI is InChI=1S/C15H14N2S/c1-16-9-14-10-18-15(17-14)13-7-6-11-4-2-3-5-12(11)8-13/h2-8,10,16H,9H2,1H3. The number of fused-ring (bicyclic) bond motifs is 1. The van der Waals surface area contributed by atoms with Crippen molar-refractivity contribution in [1.29, 1.82) is 0 Å². The summed E-state index contributed by atoms with van der Waals surface area (Å²) in [6.45, 7) is 0.823. The van der Waals surface area contributed by atoms with E-state index in [4.69, 9.17) is 0 Å². The molecule has 3 rings (SSSR count). The summed E-state index contributed by atoms with van der Waals surface area (Å²) in [6, 6.07) is 14.9. The fourth-order valence-electron chi connectivity index (χ4n) is 2.02. The Balaban J connectivity index is 2.02. The predicted octanol–water partition coefficient (Wildman–Crippen LogP) is 3.68. The van der Waals surface area contributed by atoms with Gasteiger partial charge in [0.1, 0.15) is 5.01 Å². The number of rotatable bonds is 3. The van der Waals surface area contributed by atoms with Gasteiger partial charge in [-0.15, -0.1) is 11.3 Å². The second-order valence-electron chi connectivity index (χ2n) is 4.24. The summed E-state index contributed by atoms with van der Waals surface area (Å²) >= 11 is 1.70. The van der Waals surface area contributed by atoms with Crippen LogP contribution in [-0.2, 0) is 6.54 Å². The fourth-order valence-corrected chi connectivity index (χ4v) is 2.84. The van der Waals surface area contributed by atoms with Gasteiger partial charge in [-0.05, 0) is 23.9 Å². The topological polar surface area (TPSA) is 24.9 Å². The minimum atomic E-state index is 0.823. The molecule has 0 fully saturated rings. The minimum absolute atomic E-state index is 0.823. The van der Waals surface area contributed by atoms with Gasteiger partial charge in [-0.3, -0.25) is 0 Å². The van der Waals surface area contributed by atoms with Gasteiger partial charge in [-0.1, -0.05) is 36.4 Å². The van der Waals surface area contributed by atoms with Crippen LogP contribution in [0.2, 0.25) is 0 Å². The molecule has 0 aliphatic carbocycles. The first kappa shape index (κ1) is 11.4. The van der Waals surface area contributed by atoms with Crippen molar-refractivity contribution in [2.24, 2.45) is 0 Å². The molecule has 0 bridgehead atoms. The third kappa shape index (κ3) is 2.15. The highest BCUT2D eigenvalue weighted by Gasteiger charge is 2.04. The van der Waals surface area contributed by atoms with E-state index in [0.717, 1.165) is 17.2 Å². The first-order chi connectivity index (χ1) is 8.86. The summed E-state index contributed by atoms with van der Waals surface area (Å²) in [7, 11) is 1.94. The molecule has 1 N–H and O–H groups in total. The van der Waals surface area contributed by atoms with Crippen molar-refractivity contribution in [3.8, 4) is 10.6 Å². The zero-order chi connectivity index (χ0) is 12.4. The highest BCUT2D eigenvalue weighted by Crippen LogP contribution is 2.27. The smallest absolute Gasteiger partial charge is 0.123 e. The van der Waals surface area contributed by atoms with Crippen molar-refractivity contribution in [2.75, 3.05) is 7.05 Å². The van der Waals surface area contributed by atoms with Crippen molar-refractivity contribution >= 4 is 22.1 Å². The van der Waals surface area contributed by atoms with Crippen LogP contribution in [0.1, 0.15) is 5.69 Å². The predicted molar refractivity (Wildman–Crippen MR) is 77.8 cm³/mol. The first-order valence-corrected chi connectivity index (χ1v) is 6.83. The molecule has 18 heavy (non-hydrogen) atoms. The van der Waals surface area contributed by atoms with Gasteiger partial charge in [-0.25, -0.2) is 4.98 Å². The molecule has 3 aromatic rings. The van der Waals surface area contributed by atoms with Gasteiger partial charge < -0.3 is 5.32 Å². The van der Waals surface area contributed by atoms with Gasteiger partial charge in [0.05, 0.1) is 5.69 Å². The van der Waals surface area contributed by atoms with Gasteiger partial charge in [0, 0.05) is 17.5 Å². The van der Waals surface area contributed by atoms with E-state index in [-0.39, 0.29) is 0 Å². The SMILES string of the molecule is CNCc1csc(-c2ccc3ccccc3c2)n1. The van der Waals surface area contributed by atoms with Crippen LogP contribution in [0.25, 0.3) is 21.3 Å². The van der Waals surface area contributed by atoms with Gasteiger partial charge in [-0.2, -0.15) is 0 Å². The highest BCUT2D eigenvalue weighted by atomic mass is 32.1. The molecule has 90 valence electrons. The molecule has 2 aromatic carbocycles. The fraction of sp³-hybridized carbons (Fsp3) is 0.133. The number of thiazole rings is 1. The normalized spacial score (nSPS) is 10.9. The van der Waals surface area contributed by atoms with Crippen LogP contribution in [0.5, 0.6) is 0 Å². The third-order valence-electron chi connectivity index (χ3n) is 2.91. The maximum absolute atomic E-state index is 4.63. The molecule has 0 aliphatic rings. The van der Waals surface area contributed by atoms with E-state index in [1.165, 1.54) is 16.3 Å². The molecule has 0 spiro atoms. The number of hydrogen-bond donors (Lipinski definition) is 1. The Kier molecular flexibility index (Phi) is 3.09. The Morgan fingerprint density at radius 2 is 1.94 bits per heavy atom. The van der Waals surface area contributed by atoms with Gasteiger partial charge in [0.25, 0.3) is 0 Å². The summed E-state index contributed by atoms with van der Waals surface area (Å²) in [5.41, 5.74) is 2.30. The molecule has 0 radical (unpaired) electrons. The highest BCUT2D eigenvalue weighted by molar-refractivity contribution is 7.13. The van der Waals surface area contributed by atoms with E-state index < -0.39 is 0 Å². The molecule has 0 atom stereocenters. The van der Waals surface area contributed by atoms with Crippen molar-refractivity contribution in [1.82, 2.24) is 10.3 Å². The molecule has 1 aromatic heterocycles. The van der Waals surface area contributed by atoms with Crippen LogP contribution in [-0.4, -0.2) is 12.0 Å². The lowest BCUT2D eigenvalue weighted by Gasteiger charge is -2.00. The molecular formula is C15H14N2S. The lowest BCUT2D eigenvalue weighted by Crippen LogP contribution is -2.04. The van der Waals surface area contributed by atoms with E-state index in [2.05, 4.69) is 58.1 Å². The lowest BCUT2D eigenvalue weighted by atomic mass is 10.1.